The molecule has 0 atom stereocenters. The number of carbonyl (C=O) groups is 1. The number of hydrogen-bond acceptors (Lipinski definition) is 4. The van der Waals surface area contributed by atoms with Crippen LogP contribution in [0.15, 0.2) is 30.6 Å². The average molecular weight is 292 g/mol. The number of rotatable bonds is 3. The van der Waals surface area contributed by atoms with Gasteiger partial charge < -0.3 is 10.0 Å². The molecule has 2 rings (SSSR count). The number of phenols is 1. The molecule has 0 saturated carbocycles. The van der Waals surface area contributed by atoms with Gasteiger partial charge in [-0.2, -0.15) is 0 Å². The van der Waals surface area contributed by atoms with Gasteiger partial charge in [-0.05, 0) is 25.5 Å². The largest absolute Gasteiger partial charge is 0.508 e. The SMILES string of the molecule is CCN(C(=O)c1cnc(Cl)cn1)c1cc(O)ccc1C. The Morgan fingerprint density at radius 3 is 2.70 bits per heavy atom. The van der Waals surface area contributed by atoms with Crippen molar-refractivity contribution in [3.05, 3.63) is 47.0 Å². The summed E-state index contributed by atoms with van der Waals surface area (Å²) in [6.45, 7) is 4.18. The minimum absolute atomic E-state index is 0.110. The molecule has 104 valence electrons. The molecule has 0 unspecified atom stereocenters. The minimum atomic E-state index is -0.287. The zero-order chi connectivity index (χ0) is 14.7. The zero-order valence-electron chi connectivity index (χ0n) is 11.2. The van der Waals surface area contributed by atoms with Crippen LogP contribution < -0.4 is 4.90 Å². The molecular weight excluding hydrogens is 278 g/mol. The van der Waals surface area contributed by atoms with Crippen molar-refractivity contribution < 1.29 is 9.90 Å². The van der Waals surface area contributed by atoms with E-state index >= 15 is 0 Å². The molecule has 2 aromatic rings. The Kier molecular flexibility index (Phi) is 4.20. The lowest BCUT2D eigenvalue weighted by Gasteiger charge is -2.22. The predicted octanol–water partition coefficient (Wildman–Crippen LogP) is 2.81. The third kappa shape index (κ3) is 2.88. The molecule has 1 heterocycles. The highest BCUT2D eigenvalue weighted by atomic mass is 35.5. The first-order chi connectivity index (χ1) is 9.52. The van der Waals surface area contributed by atoms with Gasteiger partial charge in [-0.25, -0.2) is 9.97 Å². The molecule has 5 nitrogen and oxygen atoms in total. The van der Waals surface area contributed by atoms with Gasteiger partial charge in [-0.3, -0.25) is 4.79 Å². The van der Waals surface area contributed by atoms with E-state index in [4.69, 9.17) is 11.6 Å². The van der Waals surface area contributed by atoms with Crippen molar-refractivity contribution in [2.45, 2.75) is 13.8 Å². The number of nitrogens with zero attached hydrogens (tertiary/aromatic N) is 3. The summed E-state index contributed by atoms with van der Waals surface area (Å²) in [5.41, 5.74) is 1.74. The number of benzene rings is 1. The van der Waals surface area contributed by atoms with Crippen molar-refractivity contribution in [2.24, 2.45) is 0 Å². The molecule has 0 aliphatic rings. The topological polar surface area (TPSA) is 66.3 Å². The van der Waals surface area contributed by atoms with Gasteiger partial charge in [0.1, 0.15) is 16.6 Å². The fourth-order valence-corrected chi connectivity index (χ4v) is 1.97. The molecule has 0 aliphatic heterocycles. The van der Waals surface area contributed by atoms with E-state index < -0.39 is 0 Å². The number of carbonyl (C=O) groups excluding carboxylic acids is 1. The van der Waals surface area contributed by atoms with Crippen molar-refractivity contribution in [1.82, 2.24) is 9.97 Å². The third-order valence-corrected chi connectivity index (χ3v) is 3.08. The second-order valence-corrected chi connectivity index (χ2v) is 4.63. The Labute approximate surface area is 121 Å². The normalized spacial score (nSPS) is 10.3. The van der Waals surface area contributed by atoms with Crippen LogP contribution in [0.2, 0.25) is 5.15 Å². The van der Waals surface area contributed by atoms with E-state index in [9.17, 15) is 9.90 Å². The van der Waals surface area contributed by atoms with Gasteiger partial charge in [-0.15, -0.1) is 0 Å². The molecule has 0 aliphatic carbocycles. The predicted molar refractivity (Wildman–Crippen MR) is 77.2 cm³/mol. The van der Waals surface area contributed by atoms with Gasteiger partial charge in [0.2, 0.25) is 0 Å². The molecule has 20 heavy (non-hydrogen) atoms. The number of aryl methyl sites for hydroxylation is 1. The summed E-state index contributed by atoms with van der Waals surface area (Å²) in [4.78, 5) is 21.8. The maximum absolute atomic E-state index is 12.4. The summed E-state index contributed by atoms with van der Waals surface area (Å²) < 4.78 is 0. The highest BCUT2D eigenvalue weighted by molar-refractivity contribution is 6.29. The Morgan fingerprint density at radius 2 is 2.10 bits per heavy atom. The van der Waals surface area contributed by atoms with Crippen LogP contribution in [-0.4, -0.2) is 27.5 Å². The van der Waals surface area contributed by atoms with E-state index in [1.54, 1.807) is 18.2 Å². The molecule has 1 N–H and O–H groups in total. The van der Waals surface area contributed by atoms with E-state index in [1.165, 1.54) is 17.3 Å². The Morgan fingerprint density at radius 1 is 1.35 bits per heavy atom. The van der Waals surface area contributed by atoms with Crippen LogP contribution in [0.25, 0.3) is 0 Å². The van der Waals surface area contributed by atoms with Crippen LogP contribution in [0.5, 0.6) is 5.75 Å². The first-order valence-electron chi connectivity index (χ1n) is 6.12. The fraction of sp³-hybridized carbons (Fsp3) is 0.214. The van der Waals surface area contributed by atoms with Crippen LogP contribution in [0.4, 0.5) is 5.69 Å². The first kappa shape index (κ1) is 14.3. The lowest BCUT2D eigenvalue weighted by Crippen LogP contribution is -2.32. The lowest BCUT2D eigenvalue weighted by molar-refractivity contribution is 0.0983. The Bertz CT molecular complexity index is 629. The van der Waals surface area contributed by atoms with E-state index in [1.807, 2.05) is 13.8 Å². The Hall–Kier alpha value is -2.14. The van der Waals surface area contributed by atoms with Crippen LogP contribution in [0.1, 0.15) is 23.0 Å². The van der Waals surface area contributed by atoms with E-state index in [0.29, 0.717) is 12.2 Å². The third-order valence-electron chi connectivity index (χ3n) is 2.88. The summed E-state index contributed by atoms with van der Waals surface area (Å²) in [5.74, 6) is -0.176. The van der Waals surface area contributed by atoms with E-state index in [2.05, 4.69) is 9.97 Å². The van der Waals surface area contributed by atoms with E-state index in [0.717, 1.165) is 5.56 Å². The molecule has 1 amide bonds. The standard InChI is InChI=1S/C14H14ClN3O2/c1-3-18(12-6-10(19)5-4-9(12)2)14(20)11-7-17-13(15)8-16-11/h4-8,19H,3H2,1-2H3. The number of halogens is 1. The zero-order valence-corrected chi connectivity index (χ0v) is 11.9. The molecule has 1 aromatic carbocycles. The monoisotopic (exact) mass is 291 g/mol. The van der Waals surface area contributed by atoms with Gasteiger partial charge in [-0.1, -0.05) is 17.7 Å². The summed E-state index contributed by atoms with van der Waals surface area (Å²) in [7, 11) is 0. The number of hydrogen-bond donors (Lipinski definition) is 1. The maximum Gasteiger partial charge on any atom is 0.278 e. The summed E-state index contributed by atoms with van der Waals surface area (Å²) in [5, 5.41) is 9.82. The van der Waals surface area contributed by atoms with Gasteiger partial charge in [0.15, 0.2) is 0 Å². The van der Waals surface area contributed by atoms with Crippen LogP contribution in [0.3, 0.4) is 0 Å². The van der Waals surface area contributed by atoms with Crippen molar-refractivity contribution in [1.29, 1.82) is 0 Å². The number of anilines is 1. The van der Waals surface area contributed by atoms with Crippen LogP contribution in [-0.2, 0) is 0 Å². The van der Waals surface area contributed by atoms with Crippen LogP contribution in [0, 0.1) is 6.92 Å². The van der Waals surface area contributed by atoms with Crippen molar-refractivity contribution >= 4 is 23.2 Å². The van der Waals surface area contributed by atoms with Crippen molar-refractivity contribution in [3.8, 4) is 5.75 Å². The molecular formula is C14H14ClN3O2. The highest BCUT2D eigenvalue weighted by Gasteiger charge is 2.19. The smallest absolute Gasteiger partial charge is 0.278 e. The van der Waals surface area contributed by atoms with Crippen molar-refractivity contribution in [3.63, 3.8) is 0 Å². The fourth-order valence-electron chi connectivity index (χ4n) is 1.87. The van der Waals surface area contributed by atoms with Crippen molar-refractivity contribution in [2.75, 3.05) is 11.4 Å². The quantitative estimate of drug-likeness (QED) is 0.944. The molecule has 0 fully saturated rings. The first-order valence-corrected chi connectivity index (χ1v) is 6.49. The second-order valence-electron chi connectivity index (χ2n) is 4.24. The molecule has 0 spiro atoms. The van der Waals surface area contributed by atoms with Gasteiger partial charge >= 0.3 is 0 Å². The summed E-state index contributed by atoms with van der Waals surface area (Å²) in [6.07, 6.45) is 2.67. The summed E-state index contributed by atoms with van der Waals surface area (Å²) >= 11 is 5.66. The summed E-state index contributed by atoms with van der Waals surface area (Å²) in [6, 6.07) is 4.90. The minimum Gasteiger partial charge on any atom is -0.508 e. The van der Waals surface area contributed by atoms with Gasteiger partial charge in [0.05, 0.1) is 18.1 Å². The number of amides is 1. The van der Waals surface area contributed by atoms with E-state index in [-0.39, 0.29) is 22.5 Å². The van der Waals surface area contributed by atoms with Gasteiger partial charge in [0.25, 0.3) is 5.91 Å². The number of phenolic OH excluding ortho intramolecular Hbond substituents is 1. The molecule has 6 heteroatoms. The molecule has 1 aromatic heterocycles. The van der Waals surface area contributed by atoms with Crippen LogP contribution >= 0.6 is 11.6 Å². The molecule has 0 bridgehead atoms. The second kappa shape index (κ2) is 5.88. The lowest BCUT2D eigenvalue weighted by atomic mass is 10.1. The number of aromatic nitrogens is 2. The van der Waals surface area contributed by atoms with Gasteiger partial charge in [0, 0.05) is 12.6 Å². The highest BCUT2D eigenvalue weighted by Crippen LogP contribution is 2.25. The molecule has 0 saturated heterocycles. The Balaban J connectivity index is 2.39. The maximum atomic E-state index is 12.4. The number of aromatic hydroxyl groups is 1. The average Bonchev–Trinajstić information content (AvgIpc) is 2.44. The molecule has 0 radical (unpaired) electrons.